The van der Waals surface area contributed by atoms with E-state index in [0.717, 1.165) is 23.0 Å². The van der Waals surface area contributed by atoms with E-state index in [4.69, 9.17) is 5.11 Å². The molecule has 0 amide bonds. The number of carboxylic acid groups (broad SMARTS) is 1. The molecule has 1 aromatic heterocycles. The molecule has 0 unspecified atom stereocenters. The molecule has 0 aliphatic carbocycles. The Balaban J connectivity index is 2.11. The largest absolute Gasteiger partial charge is 0.481 e. The molecule has 124 valence electrons. The average molecular weight is 323 g/mol. The van der Waals surface area contributed by atoms with Crippen molar-refractivity contribution in [3.63, 3.8) is 0 Å². The van der Waals surface area contributed by atoms with Crippen molar-refractivity contribution in [3.8, 4) is 5.69 Å². The Morgan fingerprint density at radius 1 is 1.35 bits per heavy atom. The first kappa shape index (κ1) is 17.1. The van der Waals surface area contributed by atoms with Crippen LogP contribution in [0.3, 0.4) is 0 Å². The van der Waals surface area contributed by atoms with Gasteiger partial charge in [-0.3, -0.25) is 4.79 Å². The highest BCUT2D eigenvalue weighted by atomic mass is 19.1. The van der Waals surface area contributed by atoms with Crippen LogP contribution in [0.1, 0.15) is 29.8 Å². The van der Waals surface area contributed by atoms with Gasteiger partial charge in [-0.15, -0.1) is 0 Å². The summed E-state index contributed by atoms with van der Waals surface area (Å²) >= 11 is 0. The van der Waals surface area contributed by atoms with Gasteiger partial charge in [0.2, 0.25) is 0 Å². The molecule has 0 spiro atoms. The van der Waals surface area contributed by atoms with E-state index in [9.17, 15) is 13.6 Å². The van der Waals surface area contributed by atoms with Crippen LogP contribution in [0.25, 0.3) is 5.69 Å². The summed E-state index contributed by atoms with van der Waals surface area (Å²) in [4.78, 5) is 10.5. The molecular weight excluding hydrogens is 304 g/mol. The number of halogens is 2. The number of aliphatic carboxylic acids is 1. The summed E-state index contributed by atoms with van der Waals surface area (Å²) in [7, 11) is 0. The molecule has 1 heterocycles. The van der Waals surface area contributed by atoms with Crippen LogP contribution in [0.2, 0.25) is 0 Å². The van der Waals surface area contributed by atoms with Gasteiger partial charge in [-0.2, -0.15) is 5.10 Å². The summed E-state index contributed by atoms with van der Waals surface area (Å²) in [6.45, 7) is 4.72. The molecule has 0 radical (unpaired) electrons. The van der Waals surface area contributed by atoms with Gasteiger partial charge in [-0.05, 0) is 38.9 Å². The van der Waals surface area contributed by atoms with Crippen LogP contribution in [0.5, 0.6) is 0 Å². The number of nitrogens with zero attached hydrogens (tertiary/aromatic N) is 2. The molecule has 2 N–H and O–H groups in total. The minimum absolute atomic E-state index is 0.116. The van der Waals surface area contributed by atoms with Crippen LogP contribution in [0.4, 0.5) is 8.78 Å². The monoisotopic (exact) mass is 323 g/mol. The second-order valence-electron chi connectivity index (χ2n) is 5.33. The third-order valence-electron chi connectivity index (χ3n) is 3.63. The molecule has 7 heteroatoms. The quantitative estimate of drug-likeness (QED) is 0.769. The van der Waals surface area contributed by atoms with Gasteiger partial charge >= 0.3 is 5.97 Å². The fourth-order valence-electron chi connectivity index (χ4n) is 2.40. The van der Waals surface area contributed by atoms with Crippen LogP contribution in [-0.2, 0) is 11.3 Å². The lowest BCUT2D eigenvalue weighted by molar-refractivity contribution is -0.137. The second-order valence-corrected chi connectivity index (χ2v) is 5.33. The minimum atomic E-state index is -0.821. The lowest BCUT2D eigenvalue weighted by atomic mass is 10.2. The summed E-state index contributed by atoms with van der Waals surface area (Å²) < 4.78 is 28.4. The SMILES string of the molecule is Cc1nn(-c2ccc(F)cc2F)c(C)c1CNCCCC(=O)O. The molecular formula is C16H19F2N3O2. The second kappa shape index (κ2) is 7.32. The zero-order valence-corrected chi connectivity index (χ0v) is 13.1. The van der Waals surface area contributed by atoms with E-state index in [0.29, 0.717) is 19.5 Å². The number of benzene rings is 1. The van der Waals surface area contributed by atoms with Crippen molar-refractivity contribution < 1.29 is 18.7 Å². The molecule has 1 aromatic carbocycles. The molecule has 0 fully saturated rings. The van der Waals surface area contributed by atoms with Crippen molar-refractivity contribution in [2.24, 2.45) is 0 Å². The molecule has 0 bridgehead atoms. The highest BCUT2D eigenvalue weighted by molar-refractivity contribution is 5.66. The van der Waals surface area contributed by atoms with Gasteiger partial charge in [0.25, 0.3) is 0 Å². The van der Waals surface area contributed by atoms with Crippen molar-refractivity contribution in [1.82, 2.24) is 15.1 Å². The highest BCUT2D eigenvalue weighted by Crippen LogP contribution is 2.20. The number of carboxylic acids is 1. The van der Waals surface area contributed by atoms with E-state index in [1.807, 2.05) is 13.8 Å². The predicted octanol–water partition coefficient (Wildman–Crippen LogP) is 2.72. The third-order valence-corrected chi connectivity index (χ3v) is 3.63. The lowest BCUT2D eigenvalue weighted by Crippen LogP contribution is -2.16. The zero-order chi connectivity index (χ0) is 17.0. The van der Waals surface area contributed by atoms with Gasteiger partial charge in [0.1, 0.15) is 11.5 Å². The van der Waals surface area contributed by atoms with E-state index in [1.54, 1.807) is 0 Å². The fourth-order valence-corrected chi connectivity index (χ4v) is 2.40. The average Bonchev–Trinajstić information content (AvgIpc) is 2.74. The minimum Gasteiger partial charge on any atom is -0.481 e. The Bertz CT molecular complexity index is 714. The predicted molar refractivity (Wildman–Crippen MR) is 81.5 cm³/mol. The Morgan fingerprint density at radius 3 is 2.74 bits per heavy atom. The lowest BCUT2D eigenvalue weighted by Gasteiger charge is -2.07. The molecule has 23 heavy (non-hydrogen) atoms. The van der Waals surface area contributed by atoms with Crippen molar-refractivity contribution in [3.05, 3.63) is 46.8 Å². The number of aromatic nitrogens is 2. The van der Waals surface area contributed by atoms with Gasteiger partial charge in [-0.1, -0.05) is 0 Å². The molecule has 5 nitrogen and oxygen atoms in total. The summed E-state index contributed by atoms with van der Waals surface area (Å²) in [5.74, 6) is -2.12. The number of carbonyl (C=O) groups is 1. The van der Waals surface area contributed by atoms with E-state index in [1.165, 1.54) is 16.8 Å². The molecule has 0 aliphatic heterocycles. The first-order chi connectivity index (χ1) is 10.9. The maximum atomic E-state index is 13.9. The van der Waals surface area contributed by atoms with Crippen molar-refractivity contribution in [1.29, 1.82) is 0 Å². The van der Waals surface area contributed by atoms with Crippen LogP contribution >= 0.6 is 0 Å². The molecule has 2 rings (SSSR count). The smallest absolute Gasteiger partial charge is 0.303 e. The van der Waals surface area contributed by atoms with Crippen LogP contribution in [-0.4, -0.2) is 27.4 Å². The van der Waals surface area contributed by atoms with E-state index < -0.39 is 17.6 Å². The third kappa shape index (κ3) is 4.13. The van der Waals surface area contributed by atoms with Crippen molar-refractivity contribution >= 4 is 5.97 Å². The molecule has 0 saturated heterocycles. The Kier molecular flexibility index (Phi) is 5.44. The van der Waals surface area contributed by atoms with E-state index in [2.05, 4.69) is 10.4 Å². The first-order valence-electron chi connectivity index (χ1n) is 7.33. The number of hydrogen-bond donors (Lipinski definition) is 2. The van der Waals surface area contributed by atoms with Crippen molar-refractivity contribution in [2.75, 3.05) is 6.54 Å². The number of nitrogens with one attached hydrogen (secondary N) is 1. The molecule has 0 saturated carbocycles. The topological polar surface area (TPSA) is 67.2 Å². The maximum absolute atomic E-state index is 13.9. The van der Waals surface area contributed by atoms with Gasteiger partial charge in [-0.25, -0.2) is 13.5 Å². The fraction of sp³-hybridized carbons (Fsp3) is 0.375. The van der Waals surface area contributed by atoms with Gasteiger partial charge < -0.3 is 10.4 Å². The molecule has 0 aliphatic rings. The van der Waals surface area contributed by atoms with E-state index >= 15 is 0 Å². The number of hydrogen-bond acceptors (Lipinski definition) is 3. The van der Waals surface area contributed by atoms with Gasteiger partial charge in [0.15, 0.2) is 5.82 Å². The Labute approximate surface area is 132 Å². The Morgan fingerprint density at radius 2 is 2.09 bits per heavy atom. The normalized spacial score (nSPS) is 11.0. The molecule has 0 atom stereocenters. The highest BCUT2D eigenvalue weighted by Gasteiger charge is 2.15. The number of aryl methyl sites for hydroxylation is 1. The summed E-state index contributed by atoms with van der Waals surface area (Å²) in [6, 6.07) is 3.38. The van der Waals surface area contributed by atoms with Crippen LogP contribution < -0.4 is 5.32 Å². The summed E-state index contributed by atoms with van der Waals surface area (Å²) in [6.07, 6.45) is 0.652. The van der Waals surface area contributed by atoms with Gasteiger partial charge in [0.05, 0.1) is 5.69 Å². The van der Waals surface area contributed by atoms with Gasteiger partial charge in [0, 0.05) is 30.3 Å². The Hall–Kier alpha value is -2.28. The number of rotatable bonds is 7. The zero-order valence-electron chi connectivity index (χ0n) is 13.1. The van der Waals surface area contributed by atoms with E-state index in [-0.39, 0.29) is 12.1 Å². The molecule has 2 aromatic rings. The summed E-state index contributed by atoms with van der Waals surface area (Å²) in [5, 5.41) is 16.1. The standard InChI is InChI=1S/C16H19F2N3O2/c1-10-13(9-19-7-3-4-16(22)23)11(2)21(20-10)15-6-5-12(17)8-14(15)18/h5-6,8,19H,3-4,7,9H2,1-2H3,(H,22,23). The van der Waals surface area contributed by atoms with Crippen LogP contribution in [0.15, 0.2) is 18.2 Å². The van der Waals surface area contributed by atoms with Crippen LogP contribution in [0, 0.1) is 25.5 Å². The maximum Gasteiger partial charge on any atom is 0.303 e. The van der Waals surface area contributed by atoms with Crippen molar-refractivity contribution in [2.45, 2.75) is 33.2 Å². The summed E-state index contributed by atoms with van der Waals surface area (Å²) in [5.41, 5.74) is 2.63. The first-order valence-corrected chi connectivity index (χ1v) is 7.33.